The van der Waals surface area contributed by atoms with Crippen molar-refractivity contribution in [1.29, 1.82) is 0 Å². The minimum atomic E-state index is -0.141. The third-order valence-electron chi connectivity index (χ3n) is 13.9. The number of fused-ring (bicyclic) bond motifs is 16. The first-order valence-electron chi connectivity index (χ1n) is 23.0. The maximum absolute atomic E-state index is 13.0. The molecule has 0 aliphatic carbocycles. The van der Waals surface area contributed by atoms with Gasteiger partial charge in [-0.15, -0.1) is 0 Å². The summed E-state index contributed by atoms with van der Waals surface area (Å²) in [7, 11) is 0. The highest BCUT2D eigenvalue weighted by molar-refractivity contribution is 5.95. The molecule has 0 radical (unpaired) electrons. The molecule has 10 nitrogen and oxygen atoms in total. The minimum absolute atomic E-state index is 0.0666. The van der Waals surface area contributed by atoms with Crippen LogP contribution < -0.4 is 22.1 Å². The molecule has 2 aromatic heterocycles. The fourth-order valence-electron chi connectivity index (χ4n) is 10.4. The van der Waals surface area contributed by atoms with Crippen molar-refractivity contribution in [2.45, 2.75) is 65.2 Å². The standard InChI is InChI=1S/2C29H25N3O2/c1-16-12-26(30)32-17(2)25(16)15-31-29(33)20-9-11-22-24(14-20)28-21-10-8-19(13-23(21)27(22)34-28)18-6-4-3-5-7-18;1-16-12-26(30)32-17(2)25(16)15-31-29(33)20-9-11-22-24(14-20)28-23-13-19(18-6-4-3-5-7-18)8-10-21(23)27(22)34-28/h2*3-14,27-28H,15H2,1-2H3,(H2,30,32)(H,31,33). The van der Waals surface area contributed by atoms with E-state index >= 15 is 0 Å². The number of nitrogens with two attached hydrogens (primary N) is 2. The molecule has 12 rings (SSSR count). The molecule has 0 saturated carbocycles. The first-order valence-corrected chi connectivity index (χ1v) is 23.0. The summed E-state index contributed by atoms with van der Waals surface area (Å²) in [6, 6.07) is 49.3. The van der Waals surface area contributed by atoms with Gasteiger partial charge in [0.1, 0.15) is 36.1 Å². The highest BCUT2D eigenvalue weighted by Crippen LogP contribution is 2.56. The van der Waals surface area contributed by atoms with Crippen molar-refractivity contribution >= 4 is 23.5 Å². The van der Waals surface area contributed by atoms with E-state index < -0.39 is 0 Å². The normalized spacial score (nSPS) is 17.4. The van der Waals surface area contributed by atoms with Gasteiger partial charge in [-0.2, -0.15) is 0 Å². The number of hydrogen-bond donors (Lipinski definition) is 4. The molecule has 8 aromatic rings. The van der Waals surface area contributed by atoms with Gasteiger partial charge in [0, 0.05) is 35.6 Å². The average molecular weight is 895 g/mol. The zero-order valence-electron chi connectivity index (χ0n) is 38.3. The predicted molar refractivity (Wildman–Crippen MR) is 265 cm³/mol. The van der Waals surface area contributed by atoms with E-state index in [1.165, 1.54) is 44.5 Å². The number of rotatable bonds is 8. The molecule has 6 heterocycles. The summed E-state index contributed by atoms with van der Waals surface area (Å²) in [5.74, 6) is 0.768. The largest absolute Gasteiger partial charge is 0.384 e. The Morgan fingerprint density at radius 1 is 0.441 bits per heavy atom. The van der Waals surface area contributed by atoms with Crippen LogP contribution in [-0.2, 0) is 22.6 Å². The van der Waals surface area contributed by atoms with E-state index in [0.29, 0.717) is 35.9 Å². The van der Waals surface area contributed by atoms with Crippen molar-refractivity contribution in [3.05, 3.63) is 235 Å². The lowest BCUT2D eigenvalue weighted by Crippen LogP contribution is -2.24. The number of amides is 2. The van der Waals surface area contributed by atoms with E-state index in [2.05, 4.69) is 106 Å². The zero-order valence-corrected chi connectivity index (χ0v) is 38.3. The van der Waals surface area contributed by atoms with Crippen LogP contribution in [0.2, 0.25) is 0 Å². The molecule has 4 aliphatic heterocycles. The molecule has 4 aliphatic rings. The Bertz CT molecular complexity index is 3290. The number of anilines is 2. The number of carbonyl (C=O) groups excluding carboxylic acids is 2. The molecule has 0 spiro atoms. The quantitative estimate of drug-likeness (QED) is 0.118. The molecule has 68 heavy (non-hydrogen) atoms. The second-order valence-corrected chi connectivity index (χ2v) is 18.1. The Balaban J connectivity index is 0.000000149. The van der Waals surface area contributed by atoms with Gasteiger partial charge in [0.25, 0.3) is 11.8 Å². The van der Waals surface area contributed by atoms with Crippen LogP contribution in [0, 0.1) is 27.7 Å². The molecule has 6 aromatic carbocycles. The van der Waals surface area contributed by atoms with Crippen LogP contribution in [0.4, 0.5) is 11.6 Å². The van der Waals surface area contributed by atoms with Crippen molar-refractivity contribution in [1.82, 2.24) is 20.6 Å². The molecular formula is C58H50N6O4. The molecule has 4 bridgehead atoms. The number of nitrogens with zero attached hydrogens (tertiary/aromatic N) is 2. The summed E-state index contributed by atoms with van der Waals surface area (Å²) in [6.45, 7) is 8.61. The topological polar surface area (TPSA) is 154 Å². The summed E-state index contributed by atoms with van der Waals surface area (Å²) in [5.41, 5.74) is 32.6. The molecule has 0 fully saturated rings. The first kappa shape index (κ1) is 42.7. The number of benzene rings is 6. The monoisotopic (exact) mass is 894 g/mol. The molecule has 336 valence electrons. The zero-order chi connectivity index (χ0) is 46.8. The Morgan fingerprint density at radius 2 is 0.794 bits per heavy atom. The third-order valence-corrected chi connectivity index (χ3v) is 13.9. The Hall–Kier alpha value is -7.92. The van der Waals surface area contributed by atoms with E-state index in [4.69, 9.17) is 20.9 Å². The van der Waals surface area contributed by atoms with Gasteiger partial charge in [0.15, 0.2) is 0 Å². The number of aryl methyl sites for hydroxylation is 4. The van der Waals surface area contributed by atoms with Crippen LogP contribution in [-0.4, -0.2) is 21.8 Å². The van der Waals surface area contributed by atoms with Crippen LogP contribution in [0.25, 0.3) is 22.3 Å². The van der Waals surface area contributed by atoms with Crippen LogP contribution >= 0.6 is 0 Å². The molecule has 0 saturated heterocycles. The van der Waals surface area contributed by atoms with Crippen molar-refractivity contribution < 1.29 is 19.1 Å². The molecule has 4 unspecified atom stereocenters. The van der Waals surface area contributed by atoms with Gasteiger partial charge in [0.05, 0.1) is 0 Å². The van der Waals surface area contributed by atoms with Crippen molar-refractivity contribution in [2.75, 3.05) is 11.5 Å². The summed E-state index contributed by atoms with van der Waals surface area (Å²) in [6.07, 6.45) is -0.416. The van der Waals surface area contributed by atoms with Gasteiger partial charge in [-0.25, -0.2) is 9.97 Å². The molecule has 2 amide bonds. The summed E-state index contributed by atoms with van der Waals surface area (Å²) in [5, 5.41) is 6.08. The number of aromatic nitrogens is 2. The first-order chi connectivity index (χ1) is 33.0. The Morgan fingerprint density at radius 3 is 1.19 bits per heavy atom. The summed E-state index contributed by atoms with van der Waals surface area (Å²) >= 11 is 0. The van der Waals surface area contributed by atoms with E-state index in [-0.39, 0.29) is 36.2 Å². The van der Waals surface area contributed by atoms with Crippen LogP contribution in [0.15, 0.2) is 146 Å². The summed E-state index contributed by atoms with van der Waals surface area (Å²) < 4.78 is 12.7. The highest BCUT2D eigenvalue weighted by atomic mass is 16.5. The number of hydrogen-bond acceptors (Lipinski definition) is 8. The van der Waals surface area contributed by atoms with E-state index in [1.807, 2.05) is 88.4 Å². The van der Waals surface area contributed by atoms with Gasteiger partial charge in [0.2, 0.25) is 0 Å². The predicted octanol–water partition coefficient (Wildman–Crippen LogP) is 10.8. The lowest BCUT2D eigenvalue weighted by molar-refractivity contribution is 0.0856. The van der Waals surface area contributed by atoms with Crippen molar-refractivity contribution in [3.63, 3.8) is 0 Å². The highest BCUT2D eigenvalue weighted by Gasteiger charge is 2.44. The molecule has 10 heteroatoms. The van der Waals surface area contributed by atoms with Crippen LogP contribution in [0.1, 0.15) is 123 Å². The second-order valence-electron chi connectivity index (χ2n) is 18.1. The SMILES string of the molecule is Cc1cc(N)nc(C)c1CNC(=O)c1ccc2c(c1)C1OC2c2cc(-c3ccccc3)ccc21.Cc1cc(N)nc(C)c1CNC(=O)c1ccc2c(c1)C1OC2c2ccc(-c3ccccc3)cc21. The van der Waals surface area contributed by atoms with Crippen molar-refractivity contribution in [3.8, 4) is 22.3 Å². The Kier molecular flexibility index (Phi) is 10.7. The van der Waals surface area contributed by atoms with E-state index in [9.17, 15) is 9.59 Å². The maximum atomic E-state index is 13.0. The van der Waals surface area contributed by atoms with Gasteiger partial charge < -0.3 is 31.6 Å². The fraction of sp³-hybridized carbons (Fsp3) is 0.172. The number of nitrogens with one attached hydrogen (secondary N) is 2. The number of carbonyl (C=O) groups is 2. The number of pyridine rings is 2. The molecular weight excluding hydrogens is 845 g/mol. The van der Waals surface area contributed by atoms with Gasteiger partial charge in [-0.3, -0.25) is 9.59 Å². The lowest BCUT2D eigenvalue weighted by atomic mass is 9.84. The minimum Gasteiger partial charge on any atom is -0.384 e. The van der Waals surface area contributed by atoms with Crippen LogP contribution in [0.3, 0.4) is 0 Å². The summed E-state index contributed by atoms with van der Waals surface area (Å²) in [4.78, 5) is 34.6. The van der Waals surface area contributed by atoms with E-state index in [0.717, 1.165) is 55.9 Å². The van der Waals surface area contributed by atoms with Crippen molar-refractivity contribution in [2.24, 2.45) is 0 Å². The fourth-order valence-corrected chi connectivity index (χ4v) is 10.4. The average Bonchev–Trinajstić information content (AvgIpc) is 4.13. The van der Waals surface area contributed by atoms with E-state index in [1.54, 1.807) is 0 Å². The second kappa shape index (κ2) is 17.1. The molecule has 6 N–H and O–H groups in total. The van der Waals surface area contributed by atoms with Gasteiger partial charge >= 0.3 is 0 Å². The Labute approximate surface area is 395 Å². The lowest BCUT2D eigenvalue weighted by Gasteiger charge is -2.18. The smallest absolute Gasteiger partial charge is 0.251 e. The number of ether oxygens (including phenoxy) is 2. The third kappa shape index (κ3) is 7.57. The van der Waals surface area contributed by atoms with Crippen LogP contribution in [0.5, 0.6) is 0 Å². The maximum Gasteiger partial charge on any atom is 0.251 e. The van der Waals surface area contributed by atoms with Gasteiger partial charge in [-0.05, 0) is 165 Å². The molecule has 4 atom stereocenters. The number of nitrogen functional groups attached to an aromatic ring is 2. The van der Waals surface area contributed by atoms with Gasteiger partial charge in [-0.1, -0.05) is 97.1 Å².